The van der Waals surface area contributed by atoms with Crippen LogP contribution in [0.4, 0.5) is 4.79 Å². The minimum absolute atomic E-state index is 0.0467. The Morgan fingerprint density at radius 2 is 2.28 bits per heavy atom. The average molecular weight is 267 g/mol. The van der Waals surface area contributed by atoms with Crippen molar-refractivity contribution in [2.75, 3.05) is 19.7 Å². The summed E-state index contributed by atoms with van der Waals surface area (Å²) in [5, 5.41) is 4.29. The van der Waals surface area contributed by atoms with Gasteiger partial charge in [-0.25, -0.2) is 4.79 Å². The van der Waals surface area contributed by atoms with E-state index in [-0.39, 0.29) is 25.6 Å². The first-order valence-electron chi connectivity index (χ1n) is 5.11. The van der Waals surface area contributed by atoms with Gasteiger partial charge in [0.15, 0.2) is 0 Å². The highest BCUT2D eigenvalue weighted by molar-refractivity contribution is 7.10. The van der Waals surface area contributed by atoms with E-state index in [9.17, 15) is 9.59 Å². The number of rotatable bonds is 4. The number of ether oxygens (including phenoxy) is 1. The van der Waals surface area contributed by atoms with Gasteiger partial charge in [0.2, 0.25) is 0 Å². The van der Waals surface area contributed by atoms with E-state index in [0.29, 0.717) is 5.56 Å². The van der Waals surface area contributed by atoms with Gasteiger partial charge < -0.3 is 21.5 Å². The van der Waals surface area contributed by atoms with Gasteiger partial charge in [-0.3, -0.25) is 4.79 Å². The zero-order valence-electron chi connectivity index (χ0n) is 9.56. The van der Waals surface area contributed by atoms with Crippen molar-refractivity contribution in [1.29, 1.82) is 0 Å². The Labute approximate surface area is 108 Å². The molecule has 18 heavy (non-hydrogen) atoms. The highest BCUT2D eigenvalue weighted by atomic mass is 32.1. The highest BCUT2D eigenvalue weighted by Crippen LogP contribution is 2.13. The molecule has 0 aliphatic carbocycles. The van der Waals surface area contributed by atoms with Crippen molar-refractivity contribution in [1.82, 2.24) is 5.32 Å². The summed E-state index contributed by atoms with van der Waals surface area (Å²) >= 11 is 1.37. The molecule has 0 saturated heterocycles. The second-order valence-corrected chi connectivity index (χ2v) is 4.04. The zero-order chi connectivity index (χ0) is 13.4. The molecule has 7 heteroatoms. The molecule has 0 saturated carbocycles. The maximum atomic E-state index is 11.6. The lowest BCUT2D eigenvalue weighted by atomic mass is 10.3. The summed E-state index contributed by atoms with van der Waals surface area (Å²) in [4.78, 5) is 22.7. The monoisotopic (exact) mass is 267 g/mol. The third kappa shape index (κ3) is 4.86. The third-order valence-corrected chi connectivity index (χ3v) is 2.65. The second kappa shape index (κ2) is 7.32. The van der Waals surface area contributed by atoms with Crippen LogP contribution in [0.1, 0.15) is 15.2 Å². The van der Waals surface area contributed by atoms with Crippen molar-refractivity contribution in [3.8, 4) is 11.8 Å². The van der Waals surface area contributed by atoms with Gasteiger partial charge in [-0.05, 0) is 6.07 Å². The van der Waals surface area contributed by atoms with E-state index in [4.69, 9.17) is 11.5 Å². The van der Waals surface area contributed by atoms with E-state index in [0.717, 1.165) is 4.88 Å². The van der Waals surface area contributed by atoms with Crippen LogP contribution in [0.3, 0.4) is 0 Å². The van der Waals surface area contributed by atoms with Crippen LogP contribution in [0.5, 0.6) is 0 Å². The van der Waals surface area contributed by atoms with Crippen LogP contribution < -0.4 is 16.8 Å². The molecule has 1 heterocycles. The number of amides is 2. The Morgan fingerprint density at radius 1 is 1.50 bits per heavy atom. The molecular weight excluding hydrogens is 254 g/mol. The summed E-state index contributed by atoms with van der Waals surface area (Å²) in [6, 6.07) is 1.68. The normalized spacial score (nSPS) is 9.17. The van der Waals surface area contributed by atoms with Crippen LogP contribution in [0, 0.1) is 11.8 Å². The number of carbonyl (C=O) groups is 2. The van der Waals surface area contributed by atoms with E-state index in [1.165, 1.54) is 11.3 Å². The smallest absolute Gasteiger partial charge is 0.404 e. The molecule has 5 N–H and O–H groups in total. The molecular formula is C11H13N3O3S. The van der Waals surface area contributed by atoms with E-state index < -0.39 is 6.09 Å². The minimum atomic E-state index is -0.862. The van der Waals surface area contributed by atoms with Gasteiger partial charge in [-0.15, -0.1) is 11.3 Å². The molecule has 0 unspecified atom stereocenters. The SMILES string of the molecule is NCC#Cc1cc(C(=O)NCCOC(N)=O)cs1. The summed E-state index contributed by atoms with van der Waals surface area (Å²) in [5.74, 6) is 5.30. The standard InChI is InChI=1S/C11H13N3O3S/c12-3-1-2-9-6-8(7-18-9)10(15)14-4-5-17-11(13)16/h6-7H,3-5,12H2,(H2,13,16)(H,14,15). The van der Waals surface area contributed by atoms with E-state index in [1.807, 2.05) is 0 Å². The summed E-state index contributed by atoms with van der Waals surface area (Å²) in [6.45, 7) is 0.538. The molecule has 0 aliphatic heterocycles. The first-order valence-corrected chi connectivity index (χ1v) is 5.99. The third-order valence-electron chi connectivity index (χ3n) is 1.81. The van der Waals surface area contributed by atoms with Gasteiger partial charge in [0.1, 0.15) is 6.61 Å². The summed E-state index contributed by atoms with van der Waals surface area (Å²) < 4.78 is 4.48. The minimum Gasteiger partial charge on any atom is -0.448 e. The van der Waals surface area contributed by atoms with E-state index in [2.05, 4.69) is 21.9 Å². The number of hydrogen-bond acceptors (Lipinski definition) is 5. The Morgan fingerprint density at radius 3 is 2.94 bits per heavy atom. The van der Waals surface area contributed by atoms with Crippen LogP contribution in [-0.2, 0) is 4.74 Å². The Hall–Kier alpha value is -2.04. The number of carbonyl (C=O) groups excluding carboxylic acids is 2. The molecule has 96 valence electrons. The van der Waals surface area contributed by atoms with Gasteiger partial charge in [-0.2, -0.15) is 0 Å². The fourth-order valence-electron chi connectivity index (χ4n) is 1.08. The van der Waals surface area contributed by atoms with Gasteiger partial charge in [-0.1, -0.05) is 11.8 Å². The quantitative estimate of drug-likeness (QED) is 0.522. The lowest BCUT2D eigenvalue weighted by Crippen LogP contribution is -2.28. The van der Waals surface area contributed by atoms with E-state index >= 15 is 0 Å². The van der Waals surface area contributed by atoms with Crippen LogP contribution in [-0.4, -0.2) is 31.7 Å². The van der Waals surface area contributed by atoms with Gasteiger partial charge in [0, 0.05) is 5.38 Å². The van der Waals surface area contributed by atoms with E-state index in [1.54, 1.807) is 11.4 Å². The lowest BCUT2D eigenvalue weighted by molar-refractivity contribution is 0.0937. The molecule has 0 bridgehead atoms. The van der Waals surface area contributed by atoms with Crippen molar-refractivity contribution in [2.45, 2.75) is 0 Å². The Balaban J connectivity index is 2.42. The molecule has 2 amide bonds. The van der Waals surface area contributed by atoms with Crippen molar-refractivity contribution in [3.05, 3.63) is 21.9 Å². The predicted octanol–water partition coefficient (Wildman–Crippen LogP) is -0.117. The fourth-order valence-corrected chi connectivity index (χ4v) is 1.83. The van der Waals surface area contributed by atoms with Gasteiger partial charge >= 0.3 is 6.09 Å². The molecule has 1 rings (SSSR count). The summed E-state index contributed by atoms with van der Waals surface area (Å²) in [6.07, 6.45) is -0.862. The molecule has 0 aromatic carbocycles. The van der Waals surface area contributed by atoms with Gasteiger partial charge in [0.05, 0.1) is 23.5 Å². The van der Waals surface area contributed by atoms with Crippen molar-refractivity contribution in [3.63, 3.8) is 0 Å². The summed E-state index contributed by atoms with van der Waals surface area (Å²) in [5.41, 5.74) is 10.5. The number of hydrogen-bond donors (Lipinski definition) is 3. The first-order chi connectivity index (χ1) is 8.63. The lowest BCUT2D eigenvalue weighted by Gasteiger charge is -2.03. The van der Waals surface area contributed by atoms with Crippen LogP contribution in [0.2, 0.25) is 0 Å². The molecule has 1 aromatic rings. The molecule has 0 fully saturated rings. The largest absolute Gasteiger partial charge is 0.448 e. The fraction of sp³-hybridized carbons (Fsp3) is 0.273. The topological polar surface area (TPSA) is 107 Å². The maximum Gasteiger partial charge on any atom is 0.404 e. The van der Waals surface area contributed by atoms with Crippen molar-refractivity contribution in [2.24, 2.45) is 11.5 Å². The molecule has 1 aromatic heterocycles. The molecule has 0 aliphatic rings. The van der Waals surface area contributed by atoms with Crippen LogP contribution in [0.25, 0.3) is 0 Å². The molecule has 0 spiro atoms. The number of primary amides is 1. The van der Waals surface area contributed by atoms with Crippen molar-refractivity contribution < 1.29 is 14.3 Å². The zero-order valence-corrected chi connectivity index (χ0v) is 10.4. The van der Waals surface area contributed by atoms with Crippen LogP contribution >= 0.6 is 11.3 Å². The summed E-state index contributed by atoms with van der Waals surface area (Å²) in [7, 11) is 0. The Bertz CT molecular complexity index is 487. The number of thiophene rings is 1. The first kappa shape index (κ1) is 14.0. The van der Waals surface area contributed by atoms with Gasteiger partial charge in [0.25, 0.3) is 5.91 Å². The van der Waals surface area contributed by atoms with Crippen molar-refractivity contribution >= 4 is 23.3 Å². The maximum absolute atomic E-state index is 11.6. The molecule has 0 radical (unpaired) electrons. The molecule has 6 nitrogen and oxygen atoms in total. The predicted molar refractivity (Wildman–Crippen MR) is 68.1 cm³/mol. The number of nitrogens with two attached hydrogens (primary N) is 2. The second-order valence-electron chi connectivity index (χ2n) is 3.13. The molecule has 0 atom stereocenters. The average Bonchev–Trinajstić information content (AvgIpc) is 2.80. The highest BCUT2D eigenvalue weighted by Gasteiger charge is 2.07. The Kier molecular flexibility index (Phi) is 5.70. The number of nitrogens with one attached hydrogen (secondary N) is 1. The van der Waals surface area contributed by atoms with Crippen LogP contribution in [0.15, 0.2) is 11.4 Å².